The Morgan fingerprint density at radius 2 is 1.89 bits per heavy atom. The number of halogens is 1. The number of sulfonamides is 1. The summed E-state index contributed by atoms with van der Waals surface area (Å²) < 4.78 is 31.3. The topological polar surface area (TPSA) is 58.6 Å². The van der Waals surface area contributed by atoms with E-state index in [-0.39, 0.29) is 5.92 Å². The first kappa shape index (κ1) is 19.6. The molecule has 1 aliphatic heterocycles. The molecule has 150 valence electrons. The molecule has 0 saturated carbocycles. The molecule has 1 N–H and O–H groups in total. The van der Waals surface area contributed by atoms with Gasteiger partial charge in [0.2, 0.25) is 10.0 Å². The predicted octanol–water partition coefficient (Wildman–Crippen LogP) is 3.65. The molecule has 2 atom stereocenters. The Morgan fingerprint density at radius 3 is 2.61 bits per heavy atom. The average Bonchev–Trinajstić information content (AvgIpc) is 2.76. The highest BCUT2D eigenvalue weighted by atomic mass is 35.5. The van der Waals surface area contributed by atoms with Crippen LogP contribution in [0, 0.1) is 0 Å². The zero-order valence-electron chi connectivity index (χ0n) is 16.3. The highest BCUT2D eigenvalue weighted by Crippen LogP contribution is 2.45. The largest absolute Gasteiger partial charge is 0.495 e. The van der Waals surface area contributed by atoms with Crippen molar-refractivity contribution in [3.05, 3.63) is 57.6 Å². The molecule has 0 spiro atoms. The fraction of sp³-hybridized carbons (Fsp3) is 0.429. The molecule has 2 aliphatic rings. The standard InChI is InChI=1S/C21H25ClN2O3S/c1-24-9-8-14-11-18(22)20(27-2)12-17(14)21-16-6-5-15(23-28(3,25)26)10-13(16)4-7-19(21)24/h5-6,10-12,19,21,23H,4,7-9H2,1-3H3/t19-,21+/m0/s1. The molecule has 4 rings (SSSR count). The first-order chi connectivity index (χ1) is 13.3. The number of likely N-dealkylation sites (N-methyl/N-ethyl adjacent to an activating group) is 1. The van der Waals surface area contributed by atoms with Crippen molar-refractivity contribution >= 4 is 27.3 Å². The predicted molar refractivity (Wildman–Crippen MR) is 113 cm³/mol. The summed E-state index contributed by atoms with van der Waals surface area (Å²) in [4.78, 5) is 2.44. The monoisotopic (exact) mass is 420 g/mol. The van der Waals surface area contributed by atoms with E-state index in [4.69, 9.17) is 16.3 Å². The minimum atomic E-state index is -3.29. The summed E-state index contributed by atoms with van der Waals surface area (Å²) in [5, 5.41) is 0.645. The highest BCUT2D eigenvalue weighted by Gasteiger charge is 2.37. The number of aryl methyl sites for hydroxylation is 1. The van der Waals surface area contributed by atoms with Crippen molar-refractivity contribution in [3.8, 4) is 5.75 Å². The van der Waals surface area contributed by atoms with Crippen LogP contribution in [0.5, 0.6) is 5.75 Å². The van der Waals surface area contributed by atoms with Crippen LogP contribution in [-0.4, -0.2) is 46.3 Å². The Balaban J connectivity index is 1.85. The second kappa shape index (κ2) is 7.25. The maximum atomic E-state index is 11.6. The number of anilines is 1. The van der Waals surface area contributed by atoms with Gasteiger partial charge in [0.05, 0.1) is 18.4 Å². The van der Waals surface area contributed by atoms with Gasteiger partial charge in [-0.2, -0.15) is 0 Å². The summed E-state index contributed by atoms with van der Waals surface area (Å²) in [6.07, 6.45) is 4.08. The Labute approximate surface area is 171 Å². The molecule has 1 heterocycles. The number of hydrogen-bond donors (Lipinski definition) is 1. The van der Waals surface area contributed by atoms with E-state index >= 15 is 0 Å². The van der Waals surface area contributed by atoms with Crippen LogP contribution in [0.1, 0.15) is 34.6 Å². The lowest BCUT2D eigenvalue weighted by molar-refractivity contribution is 0.214. The van der Waals surface area contributed by atoms with Gasteiger partial charge in [-0.15, -0.1) is 0 Å². The Hall–Kier alpha value is -1.76. The minimum absolute atomic E-state index is 0.213. The molecule has 0 unspecified atom stereocenters. The van der Waals surface area contributed by atoms with E-state index < -0.39 is 10.0 Å². The van der Waals surface area contributed by atoms with Gasteiger partial charge >= 0.3 is 0 Å². The van der Waals surface area contributed by atoms with E-state index in [2.05, 4.69) is 28.8 Å². The van der Waals surface area contributed by atoms with Crippen LogP contribution in [0.3, 0.4) is 0 Å². The first-order valence-electron chi connectivity index (χ1n) is 9.44. The van der Waals surface area contributed by atoms with Crippen LogP contribution in [0.2, 0.25) is 5.02 Å². The van der Waals surface area contributed by atoms with E-state index in [1.165, 1.54) is 28.5 Å². The lowest BCUT2D eigenvalue weighted by atomic mass is 9.74. The maximum absolute atomic E-state index is 11.6. The molecule has 2 aromatic rings. The van der Waals surface area contributed by atoms with Gasteiger partial charge in [-0.05, 0) is 72.8 Å². The SMILES string of the molecule is COc1cc2c(cc1Cl)CCN(C)[C@H]1CCc3cc(NS(C)(=O)=O)ccc3[C@H]21. The summed E-state index contributed by atoms with van der Waals surface area (Å²) in [6, 6.07) is 10.4. The zero-order valence-corrected chi connectivity index (χ0v) is 17.9. The number of hydrogen-bond acceptors (Lipinski definition) is 4. The summed E-state index contributed by atoms with van der Waals surface area (Å²) in [5.41, 5.74) is 5.60. The lowest BCUT2D eigenvalue weighted by Crippen LogP contribution is -2.39. The van der Waals surface area contributed by atoms with Gasteiger partial charge in [-0.25, -0.2) is 8.42 Å². The number of rotatable bonds is 3. The van der Waals surface area contributed by atoms with Crippen LogP contribution in [0.4, 0.5) is 5.69 Å². The molecule has 2 aromatic carbocycles. The van der Waals surface area contributed by atoms with Crippen molar-refractivity contribution in [2.24, 2.45) is 0 Å². The van der Waals surface area contributed by atoms with Gasteiger partial charge < -0.3 is 9.64 Å². The Bertz CT molecular complexity index is 1020. The third-order valence-corrected chi connectivity index (χ3v) is 6.83. The summed E-state index contributed by atoms with van der Waals surface area (Å²) in [5.74, 6) is 0.913. The molecule has 0 saturated heterocycles. The van der Waals surface area contributed by atoms with Gasteiger partial charge in [0.15, 0.2) is 0 Å². The molecule has 0 radical (unpaired) electrons. The molecule has 0 bridgehead atoms. The third-order valence-electron chi connectivity index (χ3n) is 5.92. The van der Waals surface area contributed by atoms with Crippen LogP contribution < -0.4 is 9.46 Å². The normalized spacial score (nSPS) is 21.9. The number of methoxy groups -OCH3 is 1. The fourth-order valence-electron chi connectivity index (χ4n) is 4.67. The van der Waals surface area contributed by atoms with Crippen molar-refractivity contribution in [1.29, 1.82) is 0 Å². The molecule has 0 fully saturated rings. The molecule has 5 nitrogen and oxygen atoms in total. The van der Waals surface area contributed by atoms with Crippen molar-refractivity contribution in [3.63, 3.8) is 0 Å². The van der Waals surface area contributed by atoms with E-state index in [1.807, 2.05) is 18.2 Å². The minimum Gasteiger partial charge on any atom is -0.495 e. The van der Waals surface area contributed by atoms with Gasteiger partial charge in [0.1, 0.15) is 5.75 Å². The number of benzene rings is 2. The van der Waals surface area contributed by atoms with Crippen LogP contribution >= 0.6 is 11.6 Å². The van der Waals surface area contributed by atoms with Crippen molar-refractivity contribution < 1.29 is 13.2 Å². The van der Waals surface area contributed by atoms with Crippen LogP contribution in [0.15, 0.2) is 30.3 Å². The van der Waals surface area contributed by atoms with Gasteiger partial charge in [-0.1, -0.05) is 17.7 Å². The summed E-state index contributed by atoms with van der Waals surface area (Å²) in [7, 11) is 0.539. The summed E-state index contributed by atoms with van der Waals surface area (Å²) >= 11 is 6.40. The smallest absolute Gasteiger partial charge is 0.229 e. The van der Waals surface area contributed by atoms with Gasteiger partial charge in [-0.3, -0.25) is 4.72 Å². The third kappa shape index (κ3) is 3.61. The van der Waals surface area contributed by atoms with E-state index in [9.17, 15) is 8.42 Å². The second-order valence-corrected chi connectivity index (χ2v) is 9.94. The first-order valence-corrected chi connectivity index (χ1v) is 11.7. The van der Waals surface area contributed by atoms with Gasteiger partial charge in [0.25, 0.3) is 0 Å². The van der Waals surface area contributed by atoms with Gasteiger partial charge in [0, 0.05) is 24.2 Å². The number of nitrogens with one attached hydrogen (secondary N) is 1. The van der Waals surface area contributed by atoms with E-state index in [1.54, 1.807) is 7.11 Å². The van der Waals surface area contributed by atoms with Crippen LogP contribution in [0.25, 0.3) is 0 Å². The lowest BCUT2D eigenvalue weighted by Gasteiger charge is -2.38. The van der Waals surface area contributed by atoms with Crippen LogP contribution in [-0.2, 0) is 22.9 Å². The van der Waals surface area contributed by atoms with E-state index in [0.29, 0.717) is 22.5 Å². The Kier molecular flexibility index (Phi) is 5.06. The van der Waals surface area contributed by atoms with Crippen molar-refractivity contribution in [2.75, 3.05) is 31.7 Å². The molecule has 0 amide bonds. The molecular weight excluding hydrogens is 396 g/mol. The van der Waals surface area contributed by atoms with Crippen molar-refractivity contribution in [1.82, 2.24) is 4.90 Å². The number of fused-ring (bicyclic) bond motifs is 5. The quantitative estimate of drug-likeness (QED) is 0.823. The Morgan fingerprint density at radius 1 is 1.14 bits per heavy atom. The highest BCUT2D eigenvalue weighted by molar-refractivity contribution is 7.92. The molecule has 28 heavy (non-hydrogen) atoms. The van der Waals surface area contributed by atoms with Crippen molar-refractivity contribution in [2.45, 2.75) is 31.2 Å². The second-order valence-electron chi connectivity index (χ2n) is 7.79. The zero-order chi connectivity index (χ0) is 20.1. The molecule has 7 heteroatoms. The number of nitrogens with zero attached hydrogens (tertiary/aromatic N) is 1. The molecular formula is C21H25ClN2O3S. The average molecular weight is 421 g/mol. The summed E-state index contributed by atoms with van der Waals surface area (Å²) in [6.45, 7) is 0.986. The fourth-order valence-corrected chi connectivity index (χ4v) is 5.48. The maximum Gasteiger partial charge on any atom is 0.229 e. The molecule has 1 aliphatic carbocycles. The number of ether oxygens (including phenoxy) is 1. The van der Waals surface area contributed by atoms with E-state index in [0.717, 1.165) is 25.8 Å². The molecule has 0 aromatic heterocycles.